The van der Waals surface area contributed by atoms with E-state index in [0.29, 0.717) is 0 Å². The smallest absolute Gasteiger partial charge is 0.438 e. The van der Waals surface area contributed by atoms with Crippen molar-refractivity contribution in [2.45, 2.75) is 89.6 Å². The van der Waals surface area contributed by atoms with E-state index in [2.05, 4.69) is 42.8 Å². The molecule has 2 aliphatic carbocycles. The van der Waals surface area contributed by atoms with Crippen LogP contribution in [0.4, 0.5) is 4.79 Å². The van der Waals surface area contributed by atoms with Crippen molar-refractivity contribution in [2.75, 3.05) is 7.11 Å². The largest absolute Gasteiger partial charge is 0.508 e. The number of carbonyl (C=O) groups is 1. The molecule has 0 bridgehead atoms. The minimum absolute atomic E-state index is 0.332. The number of methoxy groups -OCH3 is 1. The number of carbonyl (C=O) groups excluding carboxylic acids is 1. The second kappa shape index (κ2) is 9.12. The molecule has 0 saturated heterocycles. The van der Waals surface area contributed by atoms with Gasteiger partial charge in [-0.1, -0.05) is 37.6 Å². The molecule has 0 aliphatic heterocycles. The van der Waals surface area contributed by atoms with Crippen LogP contribution >= 0.6 is 0 Å². The van der Waals surface area contributed by atoms with Crippen LogP contribution in [0.1, 0.15) is 88.7 Å². The Hall–Kier alpha value is -1.51. The lowest BCUT2D eigenvalue weighted by Gasteiger charge is -2.41. The van der Waals surface area contributed by atoms with Crippen molar-refractivity contribution in [3.8, 4) is 0 Å². The second-order valence-corrected chi connectivity index (χ2v) is 8.95. The predicted octanol–water partition coefficient (Wildman–Crippen LogP) is 6.64. The lowest BCUT2D eigenvalue weighted by atomic mass is 9.67. The fraction of sp³-hybridized carbons (Fsp3) is 0.708. The number of ether oxygens (including phenoxy) is 2. The summed E-state index contributed by atoms with van der Waals surface area (Å²) in [7, 11) is 1.38. The summed E-state index contributed by atoms with van der Waals surface area (Å²) in [5, 5.41) is 0. The van der Waals surface area contributed by atoms with E-state index in [4.69, 9.17) is 4.74 Å². The first kappa shape index (κ1) is 20.2. The standard InChI is InChI=1S/C24H36O3/c1-4-5-18-6-8-19(9-7-18)20-10-12-21(13-11-20)22-14-16-24(2,17-15-22)27-23(25)26-3/h6-9,20-22H,4-5,10-17H2,1-3H3. The Kier molecular flexibility index (Phi) is 6.83. The molecular weight excluding hydrogens is 336 g/mol. The molecule has 0 N–H and O–H groups in total. The first-order valence-electron chi connectivity index (χ1n) is 10.9. The van der Waals surface area contributed by atoms with Crippen LogP contribution in [-0.4, -0.2) is 18.9 Å². The maximum absolute atomic E-state index is 11.5. The van der Waals surface area contributed by atoms with Crippen molar-refractivity contribution in [3.63, 3.8) is 0 Å². The Balaban J connectivity index is 1.46. The third-order valence-corrected chi connectivity index (χ3v) is 7.01. The summed E-state index contributed by atoms with van der Waals surface area (Å²) < 4.78 is 10.2. The average molecular weight is 373 g/mol. The monoisotopic (exact) mass is 372 g/mol. The molecule has 0 unspecified atom stereocenters. The van der Waals surface area contributed by atoms with Gasteiger partial charge in [-0.05, 0) is 93.6 Å². The summed E-state index contributed by atoms with van der Waals surface area (Å²) in [5.74, 6) is 2.39. The Morgan fingerprint density at radius 1 is 1.00 bits per heavy atom. The van der Waals surface area contributed by atoms with Crippen LogP contribution in [0, 0.1) is 11.8 Å². The van der Waals surface area contributed by atoms with Crippen molar-refractivity contribution in [1.29, 1.82) is 0 Å². The molecule has 3 rings (SSSR count). The SMILES string of the molecule is CCCc1ccc(C2CCC(C3CCC(C)(OC(=O)OC)CC3)CC2)cc1. The molecule has 0 amide bonds. The summed E-state index contributed by atoms with van der Waals surface area (Å²) in [5.41, 5.74) is 2.67. The first-order chi connectivity index (χ1) is 13.0. The minimum Gasteiger partial charge on any atom is -0.438 e. The van der Waals surface area contributed by atoms with Crippen LogP contribution in [-0.2, 0) is 15.9 Å². The highest BCUT2D eigenvalue weighted by Gasteiger charge is 2.38. The lowest BCUT2D eigenvalue weighted by molar-refractivity contribution is -0.0502. The van der Waals surface area contributed by atoms with Crippen molar-refractivity contribution < 1.29 is 14.3 Å². The van der Waals surface area contributed by atoms with Gasteiger partial charge in [0.1, 0.15) is 5.60 Å². The maximum Gasteiger partial charge on any atom is 0.508 e. The zero-order chi connectivity index (χ0) is 19.3. The minimum atomic E-state index is -0.540. The van der Waals surface area contributed by atoms with Crippen LogP contribution < -0.4 is 0 Å². The number of hydrogen-bond acceptors (Lipinski definition) is 3. The normalized spacial score (nSPS) is 31.3. The molecule has 2 fully saturated rings. The van der Waals surface area contributed by atoms with Gasteiger partial charge in [-0.25, -0.2) is 4.79 Å². The predicted molar refractivity (Wildman–Crippen MR) is 109 cm³/mol. The highest BCUT2D eigenvalue weighted by atomic mass is 16.7. The third-order valence-electron chi connectivity index (χ3n) is 7.01. The number of benzene rings is 1. The molecule has 150 valence electrons. The number of aryl methyl sites for hydroxylation is 1. The molecule has 2 saturated carbocycles. The van der Waals surface area contributed by atoms with Crippen molar-refractivity contribution in [1.82, 2.24) is 0 Å². The summed E-state index contributed by atoms with van der Waals surface area (Å²) in [6, 6.07) is 9.39. The van der Waals surface area contributed by atoms with Crippen LogP contribution in [0.2, 0.25) is 0 Å². The molecule has 0 atom stereocenters. The quantitative estimate of drug-likeness (QED) is 0.543. The van der Waals surface area contributed by atoms with Gasteiger partial charge in [0.2, 0.25) is 0 Å². The van der Waals surface area contributed by atoms with Gasteiger partial charge in [0.15, 0.2) is 0 Å². The van der Waals surface area contributed by atoms with E-state index in [1.54, 1.807) is 0 Å². The van der Waals surface area contributed by atoms with Gasteiger partial charge in [-0.15, -0.1) is 0 Å². The second-order valence-electron chi connectivity index (χ2n) is 8.95. The van der Waals surface area contributed by atoms with Crippen LogP contribution in [0.5, 0.6) is 0 Å². The van der Waals surface area contributed by atoms with Gasteiger partial charge in [0.25, 0.3) is 0 Å². The van der Waals surface area contributed by atoms with E-state index in [1.807, 2.05) is 0 Å². The summed E-state index contributed by atoms with van der Waals surface area (Å²) >= 11 is 0. The molecule has 27 heavy (non-hydrogen) atoms. The van der Waals surface area contributed by atoms with E-state index >= 15 is 0 Å². The van der Waals surface area contributed by atoms with E-state index in [9.17, 15) is 4.79 Å². The Labute approximate surface area is 164 Å². The maximum atomic E-state index is 11.5. The molecule has 0 spiro atoms. The van der Waals surface area contributed by atoms with Gasteiger partial charge in [0.05, 0.1) is 7.11 Å². The fourth-order valence-corrected chi connectivity index (χ4v) is 5.24. The Morgan fingerprint density at radius 3 is 2.15 bits per heavy atom. The van der Waals surface area contributed by atoms with E-state index in [-0.39, 0.29) is 5.60 Å². The van der Waals surface area contributed by atoms with Crippen LogP contribution in [0.15, 0.2) is 24.3 Å². The summed E-state index contributed by atoms with van der Waals surface area (Å²) in [6.45, 7) is 4.30. The van der Waals surface area contributed by atoms with Gasteiger partial charge >= 0.3 is 6.16 Å². The van der Waals surface area contributed by atoms with Crippen LogP contribution in [0.3, 0.4) is 0 Å². The number of hydrogen-bond donors (Lipinski definition) is 0. The fourth-order valence-electron chi connectivity index (χ4n) is 5.24. The molecule has 0 heterocycles. The molecule has 0 radical (unpaired) electrons. The zero-order valence-electron chi connectivity index (χ0n) is 17.3. The summed E-state index contributed by atoms with van der Waals surface area (Å²) in [4.78, 5) is 11.5. The molecule has 1 aromatic rings. The molecule has 2 aliphatic rings. The highest BCUT2D eigenvalue weighted by Crippen LogP contribution is 2.45. The van der Waals surface area contributed by atoms with E-state index in [0.717, 1.165) is 30.6 Å². The molecule has 3 nitrogen and oxygen atoms in total. The van der Waals surface area contributed by atoms with Gasteiger partial charge < -0.3 is 9.47 Å². The van der Waals surface area contributed by atoms with E-state index in [1.165, 1.54) is 69.6 Å². The Morgan fingerprint density at radius 2 is 1.59 bits per heavy atom. The average Bonchev–Trinajstić information content (AvgIpc) is 2.69. The van der Waals surface area contributed by atoms with Crippen molar-refractivity contribution in [3.05, 3.63) is 35.4 Å². The lowest BCUT2D eigenvalue weighted by Crippen LogP contribution is -2.38. The summed E-state index contributed by atoms with van der Waals surface area (Å²) in [6.07, 6.45) is 11.5. The third kappa shape index (κ3) is 5.27. The van der Waals surface area contributed by atoms with Crippen molar-refractivity contribution >= 4 is 6.16 Å². The highest BCUT2D eigenvalue weighted by molar-refractivity contribution is 5.60. The van der Waals surface area contributed by atoms with E-state index < -0.39 is 6.16 Å². The zero-order valence-corrected chi connectivity index (χ0v) is 17.3. The van der Waals surface area contributed by atoms with Crippen LogP contribution in [0.25, 0.3) is 0 Å². The molecule has 3 heteroatoms. The van der Waals surface area contributed by atoms with Gasteiger partial charge in [0, 0.05) is 0 Å². The van der Waals surface area contributed by atoms with Gasteiger partial charge in [-0.3, -0.25) is 0 Å². The molecular formula is C24H36O3. The van der Waals surface area contributed by atoms with Gasteiger partial charge in [-0.2, -0.15) is 0 Å². The molecule has 0 aromatic heterocycles. The Bertz CT molecular complexity index is 591. The topological polar surface area (TPSA) is 35.5 Å². The van der Waals surface area contributed by atoms with Crippen molar-refractivity contribution in [2.24, 2.45) is 11.8 Å². The number of rotatable bonds is 5. The molecule has 1 aromatic carbocycles. The first-order valence-corrected chi connectivity index (χ1v) is 10.9.